The van der Waals surface area contributed by atoms with E-state index in [9.17, 15) is 4.79 Å². The Labute approximate surface area is 140 Å². The van der Waals surface area contributed by atoms with Crippen molar-refractivity contribution >= 4 is 12.1 Å². The number of primary amides is 1. The molecule has 122 valence electrons. The molecule has 0 aliphatic heterocycles. The van der Waals surface area contributed by atoms with Crippen molar-refractivity contribution in [1.29, 1.82) is 5.41 Å². The lowest BCUT2D eigenvalue weighted by atomic mass is 10.2. The van der Waals surface area contributed by atoms with Gasteiger partial charge in [-0.15, -0.1) is 0 Å². The van der Waals surface area contributed by atoms with Crippen LogP contribution < -0.4 is 10.5 Å². The molecule has 0 aliphatic carbocycles. The van der Waals surface area contributed by atoms with Crippen molar-refractivity contribution in [3.63, 3.8) is 0 Å². The number of carbonyl (C=O) groups is 1. The Bertz CT molecular complexity index is 810. The van der Waals surface area contributed by atoms with Crippen molar-refractivity contribution in [3.8, 4) is 11.5 Å². The Morgan fingerprint density at radius 2 is 1.71 bits per heavy atom. The number of hydrogen-bond donors (Lipinski definition) is 2. The summed E-state index contributed by atoms with van der Waals surface area (Å²) in [5, 5.41) is 6.74. The topological polar surface area (TPSA) is 89.3 Å². The molecule has 3 N–H and O–H groups in total. The number of nitrogens with two attached hydrogens (primary N) is 1. The van der Waals surface area contributed by atoms with Crippen LogP contribution in [0.5, 0.6) is 11.5 Å². The van der Waals surface area contributed by atoms with E-state index in [0.717, 1.165) is 5.76 Å². The fraction of sp³-hybridized carbons (Fsp3) is 0.0526. The molecule has 2 aromatic carbocycles. The Balaban J connectivity index is 0.000000219. The van der Waals surface area contributed by atoms with Crippen LogP contribution in [0.4, 0.5) is 0 Å². The van der Waals surface area contributed by atoms with Gasteiger partial charge < -0.3 is 20.3 Å². The summed E-state index contributed by atoms with van der Waals surface area (Å²) in [7, 11) is 0. The van der Waals surface area contributed by atoms with Crippen molar-refractivity contribution in [2.45, 2.75) is 6.92 Å². The SMILES string of the molecule is Cc1ccc(C=N)o1.NC(=O)c1ccccc1Oc1ccccc1. The highest BCUT2D eigenvalue weighted by Crippen LogP contribution is 2.24. The van der Waals surface area contributed by atoms with E-state index in [1.807, 2.05) is 43.3 Å². The maximum atomic E-state index is 11.2. The van der Waals surface area contributed by atoms with Crippen LogP contribution in [0.15, 0.2) is 71.1 Å². The van der Waals surface area contributed by atoms with Gasteiger partial charge in [0.15, 0.2) is 0 Å². The third kappa shape index (κ3) is 4.84. The van der Waals surface area contributed by atoms with Crippen LogP contribution in [0.3, 0.4) is 0 Å². The molecule has 0 aliphatic rings. The second-order valence-electron chi connectivity index (χ2n) is 4.87. The zero-order chi connectivity index (χ0) is 17.4. The number of amides is 1. The fourth-order valence-corrected chi connectivity index (χ4v) is 1.91. The zero-order valence-electron chi connectivity index (χ0n) is 13.2. The summed E-state index contributed by atoms with van der Waals surface area (Å²) in [6.07, 6.45) is 1.19. The van der Waals surface area contributed by atoms with Gasteiger partial charge >= 0.3 is 0 Å². The minimum absolute atomic E-state index is 0.381. The molecule has 0 atom stereocenters. The molecule has 0 fully saturated rings. The molecule has 24 heavy (non-hydrogen) atoms. The third-order valence-electron chi connectivity index (χ3n) is 3.03. The molecule has 0 spiro atoms. The van der Waals surface area contributed by atoms with E-state index in [0.29, 0.717) is 22.8 Å². The monoisotopic (exact) mass is 322 g/mol. The Kier molecular flexibility index (Phi) is 5.91. The van der Waals surface area contributed by atoms with Crippen molar-refractivity contribution in [3.05, 3.63) is 83.8 Å². The van der Waals surface area contributed by atoms with Gasteiger partial charge in [0.05, 0.1) is 11.8 Å². The van der Waals surface area contributed by atoms with Gasteiger partial charge in [-0.2, -0.15) is 0 Å². The smallest absolute Gasteiger partial charge is 0.252 e. The predicted octanol–water partition coefficient (Wildman–Crippen LogP) is 4.16. The average molecular weight is 322 g/mol. The summed E-state index contributed by atoms with van der Waals surface area (Å²) >= 11 is 0. The lowest BCUT2D eigenvalue weighted by molar-refractivity contribution is 0.0998. The lowest BCUT2D eigenvalue weighted by Crippen LogP contribution is -2.11. The second kappa shape index (κ2) is 8.33. The van der Waals surface area contributed by atoms with Gasteiger partial charge in [0.2, 0.25) is 0 Å². The molecule has 0 saturated carbocycles. The molecule has 3 rings (SSSR count). The van der Waals surface area contributed by atoms with Crippen molar-refractivity contribution in [2.75, 3.05) is 0 Å². The summed E-state index contributed by atoms with van der Waals surface area (Å²) in [4.78, 5) is 11.2. The number of benzene rings is 2. The molecule has 0 radical (unpaired) electrons. The number of aryl methyl sites for hydroxylation is 1. The molecule has 3 aromatic rings. The molecule has 5 heteroatoms. The summed E-state index contributed by atoms with van der Waals surface area (Å²) < 4.78 is 10.6. The molecule has 1 amide bonds. The zero-order valence-corrected chi connectivity index (χ0v) is 13.2. The molecule has 5 nitrogen and oxygen atoms in total. The Morgan fingerprint density at radius 1 is 1.04 bits per heavy atom. The van der Waals surface area contributed by atoms with Gasteiger partial charge in [-0.3, -0.25) is 4.79 Å². The van der Waals surface area contributed by atoms with Gasteiger partial charge in [0.1, 0.15) is 23.0 Å². The summed E-state index contributed by atoms with van der Waals surface area (Å²) in [5.74, 6) is 2.12. The number of ether oxygens (including phenoxy) is 1. The van der Waals surface area contributed by atoms with E-state index in [1.165, 1.54) is 6.21 Å². The highest BCUT2D eigenvalue weighted by molar-refractivity contribution is 5.95. The van der Waals surface area contributed by atoms with Crippen molar-refractivity contribution in [2.24, 2.45) is 5.73 Å². The molecule has 1 aromatic heterocycles. The minimum Gasteiger partial charge on any atom is -0.460 e. The summed E-state index contributed by atoms with van der Waals surface area (Å²) in [6.45, 7) is 1.85. The van der Waals surface area contributed by atoms with Crippen LogP contribution in [0.25, 0.3) is 0 Å². The lowest BCUT2D eigenvalue weighted by Gasteiger charge is -2.08. The first kappa shape index (κ1) is 17.0. The first-order chi connectivity index (χ1) is 11.6. The van der Waals surface area contributed by atoms with Crippen molar-refractivity contribution in [1.82, 2.24) is 0 Å². The van der Waals surface area contributed by atoms with Crippen LogP contribution in [-0.2, 0) is 0 Å². The summed E-state index contributed by atoms with van der Waals surface area (Å²) in [6, 6.07) is 19.8. The quantitative estimate of drug-likeness (QED) is 0.707. The molecule has 0 bridgehead atoms. The number of furan rings is 1. The van der Waals surface area contributed by atoms with Crippen molar-refractivity contribution < 1.29 is 13.9 Å². The van der Waals surface area contributed by atoms with Gasteiger partial charge in [0, 0.05) is 0 Å². The number of hydrogen-bond acceptors (Lipinski definition) is 4. The number of nitrogens with one attached hydrogen (secondary N) is 1. The van der Waals surface area contributed by atoms with E-state index < -0.39 is 5.91 Å². The van der Waals surface area contributed by atoms with Gasteiger partial charge in [-0.1, -0.05) is 30.3 Å². The highest BCUT2D eigenvalue weighted by Gasteiger charge is 2.08. The van der Waals surface area contributed by atoms with Gasteiger partial charge in [-0.25, -0.2) is 0 Å². The van der Waals surface area contributed by atoms with Crippen LogP contribution in [0.2, 0.25) is 0 Å². The number of carbonyl (C=O) groups excluding carboxylic acids is 1. The third-order valence-corrected chi connectivity index (χ3v) is 3.03. The van der Waals surface area contributed by atoms with Crippen LogP contribution >= 0.6 is 0 Å². The van der Waals surface area contributed by atoms with E-state index >= 15 is 0 Å². The first-order valence-electron chi connectivity index (χ1n) is 7.29. The van der Waals surface area contributed by atoms with E-state index in [2.05, 4.69) is 0 Å². The maximum Gasteiger partial charge on any atom is 0.252 e. The Hall–Kier alpha value is -3.34. The predicted molar refractivity (Wildman–Crippen MR) is 92.8 cm³/mol. The maximum absolute atomic E-state index is 11.2. The molecule has 0 saturated heterocycles. The first-order valence-corrected chi connectivity index (χ1v) is 7.29. The van der Waals surface area contributed by atoms with Crippen LogP contribution in [-0.4, -0.2) is 12.1 Å². The minimum atomic E-state index is -0.494. The van der Waals surface area contributed by atoms with Crippen LogP contribution in [0.1, 0.15) is 21.9 Å². The van der Waals surface area contributed by atoms with E-state index in [-0.39, 0.29) is 0 Å². The van der Waals surface area contributed by atoms with Gasteiger partial charge in [0.25, 0.3) is 5.91 Å². The fourth-order valence-electron chi connectivity index (χ4n) is 1.91. The number of rotatable bonds is 4. The van der Waals surface area contributed by atoms with E-state index in [1.54, 1.807) is 30.3 Å². The standard InChI is InChI=1S/C13H11NO2.C6H7NO/c14-13(15)11-8-4-5-9-12(11)16-10-6-2-1-3-7-10;1-5-2-3-6(4-7)8-5/h1-9H,(H2,14,15);2-4,7H,1H3. The largest absolute Gasteiger partial charge is 0.460 e. The number of para-hydroxylation sites is 2. The molecule has 1 heterocycles. The van der Waals surface area contributed by atoms with Gasteiger partial charge in [-0.05, 0) is 43.3 Å². The second-order valence-corrected chi connectivity index (χ2v) is 4.87. The summed E-state index contributed by atoms with van der Waals surface area (Å²) in [5.41, 5.74) is 5.63. The van der Waals surface area contributed by atoms with Crippen LogP contribution in [0, 0.1) is 12.3 Å². The Morgan fingerprint density at radius 3 is 2.25 bits per heavy atom. The molecule has 0 unspecified atom stereocenters. The molecular weight excluding hydrogens is 304 g/mol. The van der Waals surface area contributed by atoms with E-state index in [4.69, 9.17) is 20.3 Å². The molecular formula is C19H18N2O3. The average Bonchev–Trinajstić information content (AvgIpc) is 3.02. The normalized spacial score (nSPS) is 9.54. The highest BCUT2D eigenvalue weighted by atomic mass is 16.5.